The highest BCUT2D eigenvalue weighted by Gasteiger charge is 1.91. The van der Waals surface area contributed by atoms with Gasteiger partial charge in [-0.15, -0.1) is 12.5 Å². The van der Waals surface area contributed by atoms with Gasteiger partial charge in [0.25, 0.3) is 0 Å². The van der Waals surface area contributed by atoms with Gasteiger partial charge >= 0.3 is 5.97 Å². The van der Waals surface area contributed by atoms with Crippen LogP contribution in [-0.4, -0.2) is 12.6 Å². The van der Waals surface area contributed by atoms with Gasteiger partial charge in [-0.05, 0) is 19.4 Å². The Morgan fingerprint density at radius 1 is 1.50 bits per heavy atom. The topological polar surface area (TPSA) is 26.3 Å². The van der Waals surface area contributed by atoms with Crippen molar-refractivity contribution in [2.75, 3.05) is 6.61 Å². The molecule has 0 saturated carbocycles. The van der Waals surface area contributed by atoms with Gasteiger partial charge in [-0.25, -0.2) is 4.79 Å². The van der Waals surface area contributed by atoms with E-state index < -0.39 is 0 Å². The molecule has 0 aliphatic heterocycles. The van der Waals surface area contributed by atoms with E-state index >= 15 is 0 Å². The minimum atomic E-state index is -0.379. The first-order chi connectivity index (χ1) is 6.81. The maximum atomic E-state index is 10.9. The number of carbonyl (C=O) groups is 1. The van der Waals surface area contributed by atoms with Gasteiger partial charge in [0.15, 0.2) is 0 Å². The molecule has 14 heavy (non-hydrogen) atoms. The molecule has 0 aromatic heterocycles. The Labute approximate surface area is 85.0 Å². The third-order valence-corrected chi connectivity index (χ3v) is 1.24. The van der Waals surface area contributed by atoms with E-state index in [-0.39, 0.29) is 12.6 Å². The van der Waals surface area contributed by atoms with Gasteiger partial charge in [0, 0.05) is 6.08 Å². The normalized spacial score (nSPS) is 9.79. The number of carbonyl (C=O) groups excluding carboxylic acids is 1. The van der Waals surface area contributed by atoms with Crippen molar-refractivity contribution in [3.8, 4) is 11.8 Å². The summed E-state index contributed by atoms with van der Waals surface area (Å²) in [4.78, 5) is 10.9. The third-order valence-electron chi connectivity index (χ3n) is 1.24. The lowest BCUT2D eigenvalue weighted by Crippen LogP contribution is -1.99. The largest absolute Gasteiger partial charge is 0.458 e. The van der Waals surface area contributed by atoms with Crippen LogP contribution in [0.1, 0.15) is 13.3 Å². The maximum absolute atomic E-state index is 10.9. The molecule has 0 aromatic rings. The monoisotopic (exact) mass is 190 g/mol. The zero-order chi connectivity index (χ0) is 10.6. The Hall–Kier alpha value is -1.75. The van der Waals surface area contributed by atoms with Crippen LogP contribution in [0.2, 0.25) is 0 Å². The van der Waals surface area contributed by atoms with Crippen LogP contribution < -0.4 is 0 Å². The minimum absolute atomic E-state index is 0.288. The average molecular weight is 190 g/mol. The second-order valence-corrected chi connectivity index (χ2v) is 2.35. The summed E-state index contributed by atoms with van der Waals surface area (Å²) < 4.78 is 4.82. The Morgan fingerprint density at radius 2 is 2.29 bits per heavy atom. The fourth-order valence-electron chi connectivity index (χ4n) is 0.632. The summed E-state index contributed by atoms with van der Waals surface area (Å²) in [5.74, 6) is 4.89. The number of rotatable bonds is 5. The van der Waals surface area contributed by atoms with Crippen molar-refractivity contribution in [3.05, 3.63) is 37.0 Å². The Bertz CT molecular complexity index is 287. The first-order valence-corrected chi connectivity index (χ1v) is 4.32. The summed E-state index contributed by atoms with van der Waals surface area (Å²) in [7, 11) is 0. The van der Waals surface area contributed by atoms with Gasteiger partial charge in [-0.1, -0.05) is 24.1 Å². The van der Waals surface area contributed by atoms with E-state index in [1.807, 2.05) is 6.08 Å². The molecule has 0 aliphatic carbocycles. The SMILES string of the molecule is C=CC/C=C/COC(=O)/C=C/C#CC. The number of esters is 1. The zero-order valence-corrected chi connectivity index (χ0v) is 8.32. The summed E-state index contributed by atoms with van der Waals surface area (Å²) in [5.41, 5.74) is 0. The predicted molar refractivity (Wildman–Crippen MR) is 57.5 cm³/mol. The molecule has 2 nitrogen and oxygen atoms in total. The fourth-order valence-corrected chi connectivity index (χ4v) is 0.632. The van der Waals surface area contributed by atoms with Crippen LogP contribution in [0.15, 0.2) is 37.0 Å². The van der Waals surface area contributed by atoms with Crippen LogP contribution >= 0.6 is 0 Å². The molecule has 0 bridgehead atoms. The molecule has 2 heteroatoms. The third kappa shape index (κ3) is 8.35. The van der Waals surface area contributed by atoms with Crippen LogP contribution in [0.3, 0.4) is 0 Å². The highest BCUT2D eigenvalue weighted by Crippen LogP contribution is 1.86. The number of ether oxygens (including phenoxy) is 1. The first kappa shape index (κ1) is 12.2. The van der Waals surface area contributed by atoms with Gasteiger partial charge < -0.3 is 4.74 Å². The highest BCUT2D eigenvalue weighted by molar-refractivity contribution is 5.82. The summed E-state index contributed by atoms with van der Waals surface area (Å²) in [5, 5.41) is 0. The maximum Gasteiger partial charge on any atom is 0.331 e. The molecule has 0 atom stereocenters. The molecule has 0 aromatic carbocycles. The van der Waals surface area contributed by atoms with Crippen molar-refractivity contribution >= 4 is 5.97 Å². The highest BCUT2D eigenvalue weighted by atomic mass is 16.5. The van der Waals surface area contributed by atoms with E-state index in [1.54, 1.807) is 19.1 Å². The second-order valence-electron chi connectivity index (χ2n) is 2.35. The molecule has 0 spiro atoms. The van der Waals surface area contributed by atoms with Crippen LogP contribution in [0.4, 0.5) is 0 Å². The van der Waals surface area contributed by atoms with Crippen LogP contribution in [-0.2, 0) is 9.53 Å². The van der Waals surface area contributed by atoms with Gasteiger partial charge in [0.05, 0.1) is 0 Å². The van der Waals surface area contributed by atoms with Crippen molar-refractivity contribution in [3.63, 3.8) is 0 Å². The minimum Gasteiger partial charge on any atom is -0.458 e. The van der Waals surface area contributed by atoms with Crippen molar-refractivity contribution in [2.45, 2.75) is 13.3 Å². The Balaban J connectivity index is 3.62. The number of allylic oxidation sites excluding steroid dienone is 3. The molecule has 0 aliphatic rings. The number of hydrogen-bond donors (Lipinski definition) is 0. The molecule has 0 fully saturated rings. The summed E-state index contributed by atoms with van der Waals surface area (Å²) in [6.45, 7) is 5.55. The molecule has 74 valence electrons. The lowest BCUT2D eigenvalue weighted by molar-refractivity contribution is -0.136. The molecule has 0 saturated heterocycles. The lowest BCUT2D eigenvalue weighted by atomic mass is 10.4. The van der Waals surface area contributed by atoms with Crippen molar-refractivity contribution in [2.24, 2.45) is 0 Å². The van der Waals surface area contributed by atoms with Crippen LogP contribution in [0, 0.1) is 11.8 Å². The molecular formula is C12H14O2. The van der Waals surface area contributed by atoms with E-state index in [0.29, 0.717) is 0 Å². The second kappa shape index (κ2) is 9.34. The van der Waals surface area contributed by atoms with Gasteiger partial charge in [0.2, 0.25) is 0 Å². The molecule has 0 N–H and O–H groups in total. The molecule has 0 amide bonds. The van der Waals surface area contributed by atoms with Crippen molar-refractivity contribution < 1.29 is 9.53 Å². The molecule has 0 unspecified atom stereocenters. The first-order valence-electron chi connectivity index (χ1n) is 4.32. The van der Waals surface area contributed by atoms with Crippen molar-refractivity contribution in [1.29, 1.82) is 0 Å². The molecular weight excluding hydrogens is 176 g/mol. The smallest absolute Gasteiger partial charge is 0.331 e. The van der Waals surface area contributed by atoms with Gasteiger partial charge in [-0.3, -0.25) is 0 Å². The molecule has 0 rings (SSSR count). The molecule has 0 radical (unpaired) electrons. The quantitative estimate of drug-likeness (QED) is 0.287. The Kier molecular flexibility index (Phi) is 8.17. The van der Waals surface area contributed by atoms with Crippen LogP contribution in [0.5, 0.6) is 0 Å². The molecule has 0 heterocycles. The van der Waals surface area contributed by atoms with Gasteiger partial charge in [0.1, 0.15) is 6.61 Å². The predicted octanol–water partition coefficient (Wildman–Crippen LogP) is 2.24. The fraction of sp³-hybridized carbons (Fsp3) is 0.250. The van der Waals surface area contributed by atoms with Gasteiger partial charge in [-0.2, -0.15) is 0 Å². The van der Waals surface area contributed by atoms with E-state index in [9.17, 15) is 4.79 Å². The summed E-state index contributed by atoms with van der Waals surface area (Å²) >= 11 is 0. The van der Waals surface area contributed by atoms with Crippen molar-refractivity contribution in [1.82, 2.24) is 0 Å². The summed E-state index contributed by atoms with van der Waals surface area (Å²) in [6, 6.07) is 0. The van der Waals surface area contributed by atoms with E-state index in [4.69, 9.17) is 4.74 Å². The number of hydrogen-bond acceptors (Lipinski definition) is 2. The van der Waals surface area contributed by atoms with E-state index in [0.717, 1.165) is 6.42 Å². The summed E-state index contributed by atoms with van der Waals surface area (Å²) in [6.07, 6.45) is 8.99. The standard InChI is InChI=1S/C12H14O2/c1-3-5-7-9-11-14-12(13)10-8-6-4-2/h3,7-10H,1,5,11H2,2H3/b9-7+,10-8+. The van der Waals surface area contributed by atoms with Crippen LogP contribution in [0.25, 0.3) is 0 Å². The lowest BCUT2D eigenvalue weighted by Gasteiger charge is -1.94. The average Bonchev–Trinajstić information content (AvgIpc) is 2.18. The zero-order valence-electron chi connectivity index (χ0n) is 8.32. The van der Waals surface area contributed by atoms with E-state index in [1.165, 1.54) is 12.2 Å². The van der Waals surface area contributed by atoms with E-state index in [2.05, 4.69) is 18.4 Å². The Morgan fingerprint density at radius 3 is 2.93 bits per heavy atom.